The van der Waals surface area contributed by atoms with E-state index in [4.69, 9.17) is 4.74 Å². The van der Waals surface area contributed by atoms with E-state index in [2.05, 4.69) is 46.6 Å². The van der Waals surface area contributed by atoms with Gasteiger partial charge in [0.05, 0.1) is 12.9 Å². The van der Waals surface area contributed by atoms with Crippen molar-refractivity contribution < 1.29 is 4.74 Å². The summed E-state index contributed by atoms with van der Waals surface area (Å²) < 4.78 is 5.16. The van der Waals surface area contributed by atoms with Crippen LogP contribution in [-0.2, 0) is 4.74 Å². The van der Waals surface area contributed by atoms with Crippen LogP contribution in [0.25, 0.3) is 0 Å². The van der Waals surface area contributed by atoms with Crippen molar-refractivity contribution in [3.63, 3.8) is 0 Å². The van der Waals surface area contributed by atoms with Crippen molar-refractivity contribution in [2.45, 2.75) is 54.4 Å². The van der Waals surface area contributed by atoms with Crippen molar-refractivity contribution in [1.82, 2.24) is 0 Å². The molecular weight excluding hydrogens is 184 g/mol. The molecule has 0 amide bonds. The Morgan fingerprint density at radius 1 is 1.20 bits per heavy atom. The summed E-state index contributed by atoms with van der Waals surface area (Å²) in [4.78, 5) is 0. The van der Waals surface area contributed by atoms with E-state index >= 15 is 0 Å². The lowest BCUT2D eigenvalue weighted by Crippen LogP contribution is -2.03. The summed E-state index contributed by atoms with van der Waals surface area (Å²) in [5.74, 6) is 1.10. The highest BCUT2D eigenvalue weighted by Crippen LogP contribution is 2.20. The van der Waals surface area contributed by atoms with E-state index in [0.717, 1.165) is 18.6 Å². The highest BCUT2D eigenvalue weighted by atomic mass is 16.5. The molecular formula is C14H28O. The number of rotatable bonds is 3. The summed E-state index contributed by atoms with van der Waals surface area (Å²) in [7, 11) is 1.73. The number of ether oxygens (including phenoxy) is 1. The maximum atomic E-state index is 5.16. The van der Waals surface area contributed by atoms with Gasteiger partial charge < -0.3 is 4.74 Å². The summed E-state index contributed by atoms with van der Waals surface area (Å²) in [5, 5.41) is 0. The molecule has 15 heavy (non-hydrogen) atoms. The fourth-order valence-electron chi connectivity index (χ4n) is 0.792. The standard InChI is InChI=1S/C10H20O.C2H6.C2H2/c1-6-9(11-5)7-8-10(2,3)4;2*1-2/h7H,6,8H2,1-5H3;1-2H3;1-2H/b9-7-;;. The Balaban J connectivity index is -0.000000318. The Kier molecular flexibility index (Phi) is 17.2. The van der Waals surface area contributed by atoms with Gasteiger partial charge >= 0.3 is 0 Å². The van der Waals surface area contributed by atoms with Gasteiger partial charge in [0.1, 0.15) is 0 Å². The van der Waals surface area contributed by atoms with Crippen LogP contribution in [0.2, 0.25) is 0 Å². The number of allylic oxidation sites excluding steroid dienone is 2. The van der Waals surface area contributed by atoms with Crippen LogP contribution >= 0.6 is 0 Å². The van der Waals surface area contributed by atoms with Gasteiger partial charge in [-0.25, -0.2) is 0 Å². The van der Waals surface area contributed by atoms with Gasteiger partial charge in [-0.2, -0.15) is 0 Å². The average Bonchev–Trinajstić information content (AvgIpc) is 2.24. The van der Waals surface area contributed by atoms with Crippen LogP contribution in [-0.4, -0.2) is 7.11 Å². The molecule has 0 N–H and O–H groups in total. The first-order chi connectivity index (χ1) is 6.99. The van der Waals surface area contributed by atoms with Crippen molar-refractivity contribution in [1.29, 1.82) is 0 Å². The third-order valence-electron chi connectivity index (χ3n) is 1.55. The van der Waals surface area contributed by atoms with E-state index in [-0.39, 0.29) is 0 Å². The van der Waals surface area contributed by atoms with E-state index in [1.165, 1.54) is 0 Å². The Morgan fingerprint density at radius 2 is 1.60 bits per heavy atom. The summed E-state index contributed by atoms with van der Waals surface area (Å²) >= 11 is 0. The maximum Gasteiger partial charge on any atom is 0.0913 e. The Morgan fingerprint density at radius 3 is 1.80 bits per heavy atom. The molecule has 0 fully saturated rings. The zero-order chi connectivity index (χ0) is 12.9. The minimum absolute atomic E-state index is 0.374. The quantitative estimate of drug-likeness (QED) is 0.489. The molecule has 0 saturated carbocycles. The molecule has 1 nitrogen and oxygen atoms in total. The van der Waals surface area contributed by atoms with E-state index in [1.54, 1.807) is 7.11 Å². The van der Waals surface area contributed by atoms with Crippen LogP contribution in [0.1, 0.15) is 54.4 Å². The molecule has 1 heteroatoms. The lowest BCUT2D eigenvalue weighted by atomic mass is 9.92. The molecule has 0 spiro atoms. The van der Waals surface area contributed by atoms with Crippen LogP contribution < -0.4 is 0 Å². The molecule has 0 atom stereocenters. The van der Waals surface area contributed by atoms with Crippen LogP contribution in [0.3, 0.4) is 0 Å². The molecule has 0 aromatic heterocycles. The van der Waals surface area contributed by atoms with E-state index in [9.17, 15) is 0 Å². The smallest absolute Gasteiger partial charge is 0.0913 e. The van der Waals surface area contributed by atoms with E-state index < -0.39 is 0 Å². The Bertz CT molecular complexity index is 152. The molecule has 0 heterocycles. The summed E-state index contributed by atoms with van der Waals surface area (Å²) in [6.07, 6.45) is 12.3. The molecule has 0 aliphatic rings. The highest BCUT2D eigenvalue weighted by molar-refractivity contribution is 4.93. The van der Waals surface area contributed by atoms with E-state index in [1.807, 2.05) is 13.8 Å². The minimum atomic E-state index is 0.374. The minimum Gasteiger partial charge on any atom is -0.501 e. The first-order valence-electron chi connectivity index (χ1n) is 5.56. The van der Waals surface area contributed by atoms with Crippen molar-refractivity contribution in [3.05, 3.63) is 11.8 Å². The lowest BCUT2D eigenvalue weighted by Gasteiger charge is -2.15. The largest absolute Gasteiger partial charge is 0.501 e. The molecule has 0 rings (SSSR count). The lowest BCUT2D eigenvalue weighted by molar-refractivity contribution is 0.275. The maximum absolute atomic E-state index is 5.16. The average molecular weight is 212 g/mol. The molecule has 0 aromatic rings. The molecule has 0 aliphatic carbocycles. The number of hydrogen-bond acceptors (Lipinski definition) is 1. The number of hydrogen-bond donors (Lipinski definition) is 0. The second-order valence-corrected chi connectivity index (χ2v) is 3.99. The van der Waals surface area contributed by atoms with Crippen LogP contribution in [0, 0.1) is 18.3 Å². The van der Waals surface area contributed by atoms with Crippen LogP contribution in [0.5, 0.6) is 0 Å². The number of terminal acetylenes is 1. The summed E-state index contributed by atoms with van der Waals surface area (Å²) in [5.41, 5.74) is 0.374. The van der Waals surface area contributed by atoms with Gasteiger partial charge in [-0.05, 0) is 17.9 Å². The predicted molar refractivity (Wildman–Crippen MR) is 70.7 cm³/mol. The Hall–Kier alpha value is -0.900. The third-order valence-corrected chi connectivity index (χ3v) is 1.55. The van der Waals surface area contributed by atoms with Gasteiger partial charge in [0.25, 0.3) is 0 Å². The fourth-order valence-corrected chi connectivity index (χ4v) is 0.792. The van der Waals surface area contributed by atoms with Gasteiger partial charge in [-0.15, -0.1) is 12.8 Å². The molecule has 0 aliphatic heterocycles. The first-order valence-corrected chi connectivity index (χ1v) is 5.56. The normalized spacial score (nSPS) is 10.3. The molecule has 0 saturated heterocycles. The van der Waals surface area contributed by atoms with Gasteiger partial charge in [-0.3, -0.25) is 0 Å². The van der Waals surface area contributed by atoms with Crippen molar-refractivity contribution >= 4 is 0 Å². The predicted octanol–water partition coefficient (Wildman–Crippen LogP) is 4.64. The number of methoxy groups -OCH3 is 1. The van der Waals surface area contributed by atoms with Crippen molar-refractivity contribution in [2.24, 2.45) is 5.41 Å². The van der Waals surface area contributed by atoms with E-state index in [0.29, 0.717) is 5.41 Å². The zero-order valence-corrected chi connectivity index (χ0v) is 11.6. The zero-order valence-electron chi connectivity index (χ0n) is 11.6. The molecule has 90 valence electrons. The highest BCUT2D eigenvalue weighted by Gasteiger charge is 2.07. The summed E-state index contributed by atoms with van der Waals surface area (Å²) in [6.45, 7) is 12.8. The molecule has 0 bridgehead atoms. The van der Waals surface area contributed by atoms with Crippen LogP contribution in [0.4, 0.5) is 0 Å². The van der Waals surface area contributed by atoms with Crippen molar-refractivity contribution in [2.75, 3.05) is 7.11 Å². The van der Waals surface area contributed by atoms with Crippen LogP contribution in [0.15, 0.2) is 11.8 Å². The molecule has 0 unspecified atom stereocenters. The van der Waals surface area contributed by atoms with Crippen molar-refractivity contribution in [3.8, 4) is 12.8 Å². The SMILES string of the molecule is C#C.CC.CC/C(=C/CC(C)(C)C)OC. The molecule has 0 radical (unpaired) electrons. The topological polar surface area (TPSA) is 9.23 Å². The fraction of sp³-hybridized carbons (Fsp3) is 0.714. The van der Waals surface area contributed by atoms with Gasteiger partial charge in [0, 0.05) is 6.42 Å². The summed E-state index contributed by atoms with van der Waals surface area (Å²) in [6, 6.07) is 0. The third kappa shape index (κ3) is 19.5. The monoisotopic (exact) mass is 212 g/mol. The second-order valence-electron chi connectivity index (χ2n) is 3.99. The van der Waals surface area contributed by atoms with Gasteiger partial charge in [-0.1, -0.05) is 41.5 Å². The second kappa shape index (κ2) is 13.1. The van der Waals surface area contributed by atoms with Gasteiger partial charge in [0.15, 0.2) is 0 Å². The Labute approximate surface area is 96.9 Å². The molecule has 0 aromatic carbocycles. The first kappa shape index (κ1) is 19.6. The van der Waals surface area contributed by atoms with Gasteiger partial charge in [0.2, 0.25) is 0 Å².